The summed E-state index contributed by atoms with van der Waals surface area (Å²) in [6.45, 7) is 1.56. The molecule has 1 aliphatic rings. The van der Waals surface area contributed by atoms with Crippen LogP contribution >= 0.6 is 0 Å². The van der Waals surface area contributed by atoms with Crippen molar-refractivity contribution < 1.29 is 0 Å². The van der Waals surface area contributed by atoms with E-state index in [1.54, 1.807) is 0 Å². The van der Waals surface area contributed by atoms with Gasteiger partial charge in [0.05, 0.1) is 13.1 Å². The normalized spacial score (nSPS) is 18.7. The van der Waals surface area contributed by atoms with Gasteiger partial charge >= 0.3 is 0 Å². The van der Waals surface area contributed by atoms with Crippen LogP contribution in [0.1, 0.15) is 0 Å². The Balaban J connectivity index is 2.36. The van der Waals surface area contributed by atoms with Crippen molar-refractivity contribution in [3.8, 4) is 11.8 Å². The van der Waals surface area contributed by atoms with Crippen LogP contribution in [-0.2, 0) is 0 Å². The molecule has 0 fully saturated rings. The summed E-state index contributed by atoms with van der Waals surface area (Å²) in [6, 6.07) is 0. The molecule has 0 aromatic carbocycles. The molecule has 2 N–H and O–H groups in total. The summed E-state index contributed by atoms with van der Waals surface area (Å²) in [6.07, 6.45) is 0. The van der Waals surface area contributed by atoms with Gasteiger partial charge in [0.1, 0.15) is 0 Å². The van der Waals surface area contributed by atoms with E-state index in [2.05, 4.69) is 22.7 Å². The smallest absolute Gasteiger partial charge is 0.0712 e. The van der Waals surface area contributed by atoms with Crippen LogP contribution in [0.2, 0.25) is 0 Å². The average Bonchev–Trinajstić information content (AvgIpc) is 1.72. The largest absolute Gasteiger partial charge is 0.245 e. The van der Waals surface area contributed by atoms with E-state index >= 15 is 0 Å². The highest BCUT2D eigenvalue weighted by molar-refractivity contribution is 5.04. The predicted molar refractivity (Wildman–Crippen MR) is 23.8 cm³/mol. The molecule has 0 aliphatic carbocycles. The van der Waals surface area contributed by atoms with Gasteiger partial charge in [-0.05, 0) is 0 Å². The molecule has 0 saturated carbocycles. The van der Waals surface area contributed by atoms with E-state index in [1.807, 2.05) is 0 Å². The van der Waals surface area contributed by atoms with Gasteiger partial charge in [0.2, 0.25) is 0 Å². The first kappa shape index (κ1) is 3.66. The number of hydrazine groups is 1. The number of hydrogen-bond acceptors (Lipinski definition) is 2. The highest BCUT2D eigenvalue weighted by Crippen LogP contribution is 1.58. The number of nitrogens with one attached hydrogen (secondary N) is 2. The lowest BCUT2D eigenvalue weighted by Crippen LogP contribution is -2.34. The maximum Gasteiger partial charge on any atom is 0.0712 e. The molecular weight excluding hydrogens is 76.1 g/mol. The maximum absolute atomic E-state index is 2.86. The Morgan fingerprint density at radius 1 is 1.00 bits per heavy atom. The van der Waals surface area contributed by atoms with Gasteiger partial charge in [-0.25, -0.2) is 10.9 Å². The van der Waals surface area contributed by atoms with Gasteiger partial charge in [-0.2, -0.15) is 0 Å². The summed E-state index contributed by atoms with van der Waals surface area (Å²) in [5, 5.41) is 0. The summed E-state index contributed by atoms with van der Waals surface area (Å²) in [4.78, 5) is 0. The molecule has 0 saturated heterocycles. The zero-order valence-electron chi connectivity index (χ0n) is 3.41. The van der Waals surface area contributed by atoms with Crippen LogP contribution in [0, 0.1) is 11.8 Å². The van der Waals surface area contributed by atoms with Gasteiger partial charge < -0.3 is 0 Å². The monoisotopic (exact) mass is 82.1 g/mol. The summed E-state index contributed by atoms with van der Waals surface area (Å²) in [7, 11) is 0. The van der Waals surface area contributed by atoms with E-state index < -0.39 is 0 Å². The fourth-order valence-electron chi connectivity index (χ4n) is 0.338. The van der Waals surface area contributed by atoms with Crippen molar-refractivity contribution in [1.82, 2.24) is 10.9 Å². The highest BCUT2D eigenvalue weighted by Gasteiger charge is 1.80. The fraction of sp³-hybridized carbons (Fsp3) is 0.500. The van der Waals surface area contributed by atoms with Gasteiger partial charge in [0.15, 0.2) is 0 Å². The third kappa shape index (κ3) is 0.713. The molecule has 0 atom stereocenters. The van der Waals surface area contributed by atoms with Crippen LogP contribution in [0.25, 0.3) is 0 Å². The summed E-state index contributed by atoms with van der Waals surface area (Å²) < 4.78 is 0. The van der Waals surface area contributed by atoms with Crippen molar-refractivity contribution in [2.75, 3.05) is 13.1 Å². The lowest BCUT2D eigenvalue weighted by molar-refractivity contribution is 0.610. The van der Waals surface area contributed by atoms with Crippen LogP contribution in [0.3, 0.4) is 0 Å². The molecule has 0 spiro atoms. The van der Waals surface area contributed by atoms with Crippen LogP contribution in [0.4, 0.5) is 0 Å². The molecule has 1 rings (SSSR count). The molecule has 0 amide bonds. The summed E-state index contributed by atoms with van der Waals surface area (Å²) >= 11 is 0. The molecule has 6 heavy (non-hydrogen) atoms. The topological polar surface area (TPSA) is 24.1 Å². The predicted octanol–water partition coefficient (Wildman–Crippen LogP) is -0.902. The standard InChI is InChI=1S/C4H6N2/c1-2-4-6-5-3-1/h5-6H,3-4H2. The van der Waals surface area contributed by atoms with Crippen LogP contribution in [0.5, 0.6) is 0 Å². The summed E-state index contributed by atoms with van der Waals surface area (Å²) in [5.41, 5.74) is 5.72. The zero-order valence-corrected chi connectivity index (χ0v) is 3.41. The molecule has 2 nitrogen and oxygen atoms in total. The molecule has 1 aliphatic heterocycles. The molecule has 1 heterocycles. The van der Waals surface area contributed by atoms with E-state index in [1.165, 1.54) is 0 Å². The minimum atomic E-state index is 0.778. The number of rotatable bonds is 0. The molecule has 0 aromatic heterocycles. The van der Waals surface area contributed by atoms with Crippen LogP contribution < -0.4 is 10.9 Å². The van der Waals surface area contributed by atoms with Crippen molar-refractivity contribution >= 4 is 0 Å². The average molecular weight is 82.1 g/mol. The Labute approximate surface area is 36.9 Å². The first-order valence-electron chi connectivity index (χ1n) is 1.91. The zero-order chi connectivity index (χ0) is 4.24. The Kier molecular flexibility index (Phi) is 1.10. The molecule has 0 unspecified atom stereocenters. The Morgan fingerprint density at radius 3 is 1.67 bits per heavy atom. The van der Waals surface area contributed by atoms with E-state index in [-0.39, 0.29) is 0 Å². The lowest BCUT2D eigenvalue weighted by atomic mass is 10.5. The van der Waals surface area contributed by atoms with Gasteiger partial charge in [-0.1, -0.05) is 11.8 Å². The maximum atomic E-state index is 2.86. The van der Waals surface area contributed by atoms with E-state index in [4.69, 9.17) is 0 Å². The van der Waals surface area contributed by atoms with Crippen molar-refractivity contribution in [3.63, 3.8) is 0 Å². The quantitative estimate of drug-likeness (QED) is 0.370. The van der Waals surface area contributed by atoms with Gasteiger partial charge in [-0.3, -0.25) is 0 Å². The van der Waals surface area contributed by atoms with Crippen molar-refractivity contribution in [2.24, 2.45) is 0 Å². The molecule has 0 aromatic rings. The highest BCUT2D eigenvalue weighted by atomic mass is 15.3. The minimum absolute atomic E-state index is 0.778. The number of hydrogen-bond donors (Lipinski definition) is 2. The third-order valence-corrected chi connectivity index (χ3v) is 0.604. The van der Waals surface area contributed by atoms with Crippen molar-refractivity contribution in [3.05, 3.63) is 0 Å². The van der Waals surface area contributed by atoms with E-state index in [0.717, 1.165) is 13.1 Å². The molecule has 32 valence electrons. The van der Waals surface area contributed by atoms with Crippen LogP contribution in [-0.4, -0.2) is 13.1 Å². The Bertz CT molecular complexity index is 77.5. The second kappa shape index (κ2) is 1.81. The first-order valence-corrected chi connectivity index (χ1v) is 1.91. The third-order valence-electron chi connectivity index (χ3n) is 0.604. The van der Waals surface area contributed by atoms with Gasteiger partial charge in [0, 0.05) is 0 Å². The Hall–Kier alpha value is -0.520. The SMILES string of the molecule is C1#CCNNC1. The van der Waals surface area contributed by atoms with Gasteiger partial charge in [-0.15, -0.1) is 0 Å². The first-order chi connectivity index (χ1) is 3.00. The second-order valence-electron chi connectivity index (χ2n) is 1.06. The van der Waals surface area contributed by atoms with E-state index in [9.17, 15) is 0 Å². The molecule has 0 radical (unpaired) electrons. The Morgan fingerprint density at radius 2 is 1.50 bits per heavy atom. The molecule has 2 heteroatoms. The van der Waals surface area contributed by atoms with Crippen molar-refractivity contribution in [1.29, 1.82) is 0 Å². The fourth-order valence-corrected chi connectivity index (χ4v) is 0.338. The lowest BCUT2D eigenvalue weighted by Gasteiger charge is -2.00. The summed E-state index contributed by atoms with van der Waals surface area (Å²) in [5.74, 6) is 5.72. The second-order valence-corrected chi connectivity index (χ2v) is 1.06. The molecular formula is C4H6N2. The van der Waals surface area contributed by atoms with Gasteiger partial charge in [0.25, 0.3) is 0 Å². The van der Waals surface area contributed by atoms with E-state index in [0.29, 0.717) is 0 Å². The molecule has 0 bridgehead atoms. The minimum Gasteiger partial charge on any atom is -0.245 e. The van der Waals surface area contributed by atoms with Crippen molar-refractivity contribution in [2.45, 2.75) is 0 Å². The van der Waals surface area contributed by atoms with Crippen LogP contribution in [0.15, 0.2) is 0 Å².